The highest BCUT2D eigenvalue weighted by atomic mass is 35.5. The maximum Gasteiger partial charge on any atom is 0.147 e. The van der Waals surface area contributed by atoms with Gasteiger partial charge in [-0.25, -0.2) is 0 Å². The molecule has 0 aliphatic rings. The second-order valence-electron chi connectivity index (χ2n) is 0.998. The van der Waals surface area contributed by atoms with Crippen LogP contribution in [0.4, 0.5) is 0 Å². The molecule has 0 spiro atoms. The number of carbonyl (C=O) groups excluding carboxylic acids is 1. The second kappa shape index (κ2) is 5.02. The fourth-order valence-corrected chi connectivity index (χ4v) is 0.315. The second-order valence-corrected chi connectivity index (χ2v) is 1.38. The minimum absolute atomic E-state index is 0.596. The number of rotatable bonds is 3. The predicted molar refractivity (Wildman–Crippen MR) is 28.7 cm³/mol. The van der Waals surface area contributed by atoms with Gasteiger partial charge in [0.1, 0.15) is 13.6 Å². The molecule has 0 bridgehead atoms. The Labute approximate surface area is 42.9 Å². The van der Waals surface area contributed by atoms with Crippen molar-refractivity contribution in [2.75, 3.05) is 5.78 Å². The van der Waals surface area contributed by atoms with Crippen LogP contribution in [0.25, 0.3) is 0 Å². The molecule has 0 radical (unpaired) electrons. The molecule has 0 aliphatic carbocycles. The molecule has 0 amide bonds. The topological polar surface area (TPSA) is 17.1 Å². The Hall–Kier alpha value is 0.0249. The molecule has 0 heterocycles. The number of halogens is 1. The summed E-state index contributed by atoms with van der Waals surface area (Å²) in [5.41, 5.74) is 0. The van der Waals surface area contributed by atoms with Crippen LogP contribution < -0.4 is 0 Å². The molecule has 0 aromatic heterocycles. The summed E-state index contributed by atoms with van der Waals surface area (Å²) in [5, 5.41) is 0. The Morgan fingerprint density at radius 3 is 2.67 bits per heavy atom. The summed E-state index contributed by atoms with van der Waals surface area (Å²) in [6, 6.07) is 0. The summed E-state index contributed by atoms with van der Waals surface area (Å²) in [7, 11) is 0.811. The van der Waals surface area contributed by atoms with Crippen molar-refractivity contribution < 1.29 is 4.79 Å². The Balaban J connectivity index is 2.49. The number of alkyl halides is 1. The van der Waals surface area contributed by atoms with Gasteiger partial charge in [-0.3, -0.25) is 0 Å². The van der Waals surface area contributed by atoms with Gasteiger partial charge >= 0.3 is 0 Å². The maximum atomic E-state index is 9.51. The van der Waals surface area contributed by atoms with Gasteiger partial charge in [-0.1, -0.05) is 0 Å². The van der Waals surface area contributed by atoms with Crippen molar-refractivity contribution in [2.45, 2.75) is 6.32 Å². The Bertz CT molecular complexity index is 39.8. The summed E-state index contributed by atoms with van der Waals surface area (Å²) in [4.78, 5) is 9.51. The van der Waals surface area contributed by atoms with E-state index in [2.05, 4.69) is 0 Å². The molecule has 0 aromatic carbocycles. The number of hydrogen-bond acceptors (Lipinski definition) is 1. The summed E-state index contributed by atoms with van der Waals surface area (Å²) < 4.78 is 0. The molecule has 0 saturated carbocycles. The van der Waals surface area contributed by atoms with Gasteiger partial charge in [0.15, 0.2) is 0 Å². The highest BCUT2D eigenvalue weighted by Crippen LogP contribution is 1.73. The van der Waals surface area contributed by atoms with Crippen molar-refractivity contribution in [2.24, 2.45) is 0 Å². The Morgan fingerprint density at radius 1 is 1.83 bits per heavy atom. The van der Waals surface area contributed by atoms with E-state index in [1.54, 1.807) is 0 Å². The van der Waals surface area contributed by atoms with Crippen molar-refractivity contribution >= 4 is 25.2 Å². The molecule has 34 valence electrons. The average Bonchev–Trinajstić information content (AvgIpc) is 1.61. The van der Waals surface area contributed by atoms with Crippen molar-refractivity contribution in [3.8, 4) is 0 Å². The molecule has 0 rings (SSSR count). The smallest absolute Gasteiger partial charge is 0.147 e. The zero-order valence-corrected chi connectivity index (χ0v) is 4.24. The SMILES string of the molecule is O=CCBCCl. The van der Waals surface area contributed by atoms with Crippen LogP contribution in [-0.4, -0.2) is 19.3 Å². The van der Waals surface area contributed by atoms with E-state index in [0.29, 0.717) is 12.1 Å². The van der Waals surface area contributed by atoms with Crippen LogP contribution in [0.1, 0.15) is 0 Å². The van der Waals surface area contributed by atoms with Gasteiger partial charge in [0, 0.05) is 0 Å². The molecule has 6 heavy (non-hydrogen) atoms. The van der Waals surface area contributed by atoms with E-state index < -0.39 is 0 Å². The minimum Gasteiger partial charge on any atom is -0.304 e. The Morgan fingerprint density at radius 2 is 2.50 bits per heavy atom. The van der Waals surface area contributed by atoms with Gasteiger partial charge in [-0.15, -0.1) is 11.6 Å². The largest absolute Gasteiger partial charge is 0.304 e. The van der Waals surface area contributed by atoms with E-state index >= 15 is 0 Å². The van der Waals surface area contributed by atoms with Gasteiger partial charge in [0.25, 0.3) is 0 Å². The van der Waals surface area contributed by atoms with E-state index in [-0.39, 0.29) is 0 Å². The molecule has 3 heteroatoms. The highest BCUT2D eigenvalue weighted by molar-refractivity contribution is 6.52. The van der Waals surface area contributed by atoms with Gasteiger partial charge in [-0.05, 0) is 12.1 Å². The molecule has 1 nitrogen and oxygen atoms in total. The predicted octanol–water partition coefficient (Wildman–Crippen LogP) is 0.236. The molecule has 0 unspecified atom stereocenters. The normalized spacial score (nSPS) is 7.50. The van der Waals surface area contributed by atoms with E-state index in [4.69, 9.17) is 11.6 Å². The van der Waals surface area contributed by atoms with E-state index in [1.807, 2.05) is 0 Å². The average molecular weight is 104 g/mol. The first kappa shape index (κ1) is 6.02. The van der Waals surface area contributed by atoms with E-state index in [0.717, 1.165) is 13.6 Å². The van der Waals surface area contributed by atoms with E-state index in [1.165, 1.54) is 0 Å². The number of hydrogen-bond donors (Lipinski definition) is 0. The van der Waals surface area contributed by atoms with Crippen LogP contribution in [0.2, 0.25) is 6.32 Å². The van der Waals surface area contributed by atoms with Crippen molar-refractivity contribution in [3.63, 3.8) is 0 Å². The molecule has 0 atom stereocenters. The lowest BCUT2D eigenvalue weighted by Crippen LogP contribution is -1.89. The fourth-order valence-electron chi connectivity index (χ4n) is 0.160. The zero-order chi connectivity index (χ0) is 4.83. The minimum atomic E-state index is 0.596. The van der Waals surface area contributed by atoms with Crippen LogP contribution >= 0.6 is 11.6 Å². The summed E-state index contributed by atoms with van der Waals surface area (Å²) in [5.74, 6) is 0.596. The summed E-state index contributed by atoms with van der Waals surface area (Å²) >= 11 is 5.22. The zero-order valence-electron chi connectivity index (χ0n) is 3.48. The van der Waals surface area contributed by atoms with Crippen LogP contribution in [-0.2, 0) is 4.79 Å². The third-order valence-corrected chi connectivity index (χ3v) is 0.723. The standard InChI is InChI=1S/C3H6BClO/c5-3-4-1-2-6/h2,4H,1,3H2. The van der Waals surface area contributed by atoms with Crippen molar-refractivity contribution in [3.05, 3.63) is 0 Å². The van der Waals surface area contributed by atoms with E-state index in [9.17, 15) is 4.79 Å². The van der Waals surface area contributed by atoms with Gasteiger partial charge in [-0.2, -0.15) is 0 Å². The van der Waals surface area contributed by atoms with Crippen molar-refractivity contribution in [1.82, 2.24) is 0 Å². The van der Waals surface area contributed by atoms with Gasteiger partial charge in [0.05, 0.1) is 0 Å². The first-order valence-corrected chi connectivity index (χ1v) is 2.45. The third-order valence-electron chi connectivity index (χ3n) is 0.456. The lowest BCUT2D eigenvalue weighted by atomic mass is 9.79. The summed E-state index contributed by atoms with van der Waals surface area (Å²) in [6.07, 6.45) is 1.48. The molecule has 0 N–H and O–H groups in total. The quantitative estimate of drug-likeness (QED) is 0.217. The van der Waals surface area contributed by atoms with Crippen LogP contribution in [0, 0.1) is 0 Å². The first-order chi connectivity index (χ1) is 2.91. The van der Waals surface area contributed by atoms with Crippen LogP contribution in [0.5, 0.6) is 0 Å². The fraction of sp³-hybridized carbons (Fsp3) is 0.667. The highest BCUT2D eigenvalue weighted by Gasteiger charge is 1.80. The summed E-state index contributed by atoms with van der Waals surface area (Å²) in [6.45, 7) is 0. The van der Waals surface area contributed by atoms with Gasteiger partial charge < -0.3 is 4.79 Å². The van der Waals surface area contributed by atoms with Gasteiger partial charge in [0.2, 0.25) is 0 Å². The monoisotopic (exact) mass is 104 g/mol. The maximum absolute atomic E-state index is 9.51. The number of aldehydes is 1. The number of carbonyl (C=O) groups is 1. The molecule has 0 saturated heterocycles. The molecule has 0 fully saturated rings. The molecule has 0 aliphatic heterocycles. The Kier molecular flexibility index (Phi) is 5.05. The van der Waals surface area contributed by atoms with Crippen LogP contribution in [0.3, 0.4) is 0 Å². The molecular formula is C3H6BClO. The first-order valence-electron chi connectivity index (χ1n) is 1.91. The molecule has 0 aromatic rings. The van der Waals surface area contributed by atoms with Crippen LogP contribution in [0.15, 0.2) is 0 Å². The molecular weight excluding hydrogens is 98.3 g/mol. The lowest BCUT2D eigenvalue weighted by Gasteiger charge is -1.73. The van der Waals surface area contributed by atoms with Crippen molar-refractivity contribution in [1.29, 1.82) is 0 Å². The lowest BCUT2D eigenvalue weighted by molar-refractivity contribution is -0.106. The third kappa shape index (κ3) is 4.02.